The molecule has 1 unspecified atom stereocenters. The molecule has 2 aliphatic heterocycles. The Balaban J connectivity index is 1.97. The van der Waals surface area contributed by atoms with E-state index < -0.39 is 0 Å². The van der Waals surface area contributed by atoms with Gasteiger partial charge in [0.25, 0.3) is 6.35 Å². The molecule has 0 aromatic rings. The summed E-state index contributed by atoms with van der Waals surface area (Å²) in [6.45, 7) is 5.95. The Morgan fingerprint density at radius 2 is 2.23 bits per heavy atom. The first-order valence-corrected chi connectivity index (χ1v) is 4.65. The van der Waals surface area contributed by atoms with Crippen LogP contribution in [0.5, 0.6) is 0 Å². The maximum absolute atomic E-state index is 5.76. The second kappa shape index (κ2) is 3.89. The van der Waals surface area contributed by atoms with Crippen LogP contribution in [0.3, 0.4) is 0 Å². The van der Waals surface area contributed by atoms with E-state index in [1.54, 1.807) is 5.01 Å². The molecule has 0 spiro atoms. The number of hydrogen-bond donors (Lipinski definition) is 1. The molecular weight excluding hydrogens is 170 g/mol. The molecule has 1 atom stereocenters. The summed E-state index contributed by atoms with van der Waals surface area (Å²) in [7, 11) is 0. The largest absolute Gasteiger partial charge is 0.379 e. The van der Waals surface area contributed by atoms with E-state index in [9.17, 15) is 0 Å². The number of ether oxygens (including phenoxy) is 2. The Morgan fingerprint density at radius 3 is 2.85 bits per heavy atom. The summed E-state index contributed by atoms with van der Waals surface area (Å²) >= 11 is 0. The van der Waals surface area contributed by atoms with E-state index in [1.807, 2.05) is 0 Å². The van der Waals surface area contributed by atoms with Crippen LogP contribution >= 0.6 is 0 Å². The van der Waals surface area contributed by atoms with Crippen molar-refractivity contribution in [3.8, 4) is 0 Å². The molecule has 2 fully saturated rings. The minimum absolute atomic E-state index is 0.355. The molecule has 1 radical (unpaired) electrons. The van der Waals surface area contributed by atoms with Crippen molar-refractivity contribution in [3.05, 3.63) is 6.35 Å². The molecule has 2 rings (SSSR count). The van der Waals surface area contributed by atoms with E-state index in [2.05, 4.69) is 11.8 Å². The maximum Gasteiger partial charge on any atom is 0.254 e. The summed E-state index contributed by atoms with van der Waals surface area (Å²) in [5.74, 6) is 5.76. The van der Waals surface area contributed by atoms with Crippen molar-refractivity contribution in [2.45, 2.75) is 13.0 Å². The van der Waals surface area contributed by atoms with Crippen LogP contribution < -0.4 is 5.84 Å². The van der Waals surface area contributed by atoms with Gasteiger partial charge in [-0.1, -0.05) is 0 Å². The van der Waals surface area contributed by atoms with E-state index in [0.29, 0.717) is 12.6 Å². The lowest BCUT2D eigenvalue weighted by Gasteiger charge is -2.37. The third-order valence-corrected chi connectivity index (χ3v) is 2.42. The maximum atomic E-state index is 5.76. The summed E-state index contributed by atoms with van der Waals surface area (Å²) in [4.78, 5) is 2.16. The van der Waals surface area contributed by atoms with Gasteiger partial charge in [0.1, 0.15) is 0 Å². The molecule has 2 aliphatic rings. The SMILES string of the molecule is CC1COCCN1[C]1OCCN1N. The zero-order valence-corrected chi connectivity index (χ0v) is 7.90. The summed E-state index contributed by atoms with van der Waals surface area (Å²) in [6.07, 6.45) is 0.802. The van der Waals surface area contributed by atoms with E-state index in [1.165, 1.54) is 0 Å². The third-order valence-electron chi connectivity index (χ3n) is 2.42. The van der Waals surface area contributed by atoms with E-state index in [0.717, 1.165) is 32.7 Å². The first-order chi connectivity index (χ1) is 6.29. The van der Waals surface area contributed by atoms with Crippen LogP contribution in [0.1, 0.15) is 6.92 Å². The molecule has 0 amide bonds. The Hall–Kier alpha value is -0.200. The Kier molecular flexibility index (Phi) is 2.80. The summed E-state index contributed by atoms with van der Waals surface area (Å²) in [6, 6.07) is 0.355. The number of nitrogens with zero attached hydrogens (tertiary/aromatic N) is 2. The standard InChI is InChI=1S/C8H16N3O2/c1-7-6-12-4-2-10(7)8-11(9)3-5-13-8/h7H,2-6,9H2,1H3. The second-order valence-electron chi connectivity index (χ2n) is 3.44. The minimum atomic E-state index is 0.355. The van der Waals surface area contributed by atoms with Gasteiger partial charge in [-0.2, -0.15) is 5.01 Å². The van der Waals surface area contributed by atoms with Gasteiger partial charge in [0.05, 0.1) is 19.8 Å². The molecule has 2 saturated heterocycles. The van der Waals surface area contributed by atoms with Gasteiger partial charge in [-0.25, -0.2) is 4.90 Å². The van der Waals surface area contributed by atoms with Gasteiger partial charge in [-0.05, 0) is 6.92 Å². The second-order valence-corrected chi connectivity index (χ2v) is 3.44. The van der Waals surface area contributed by atoms with Gasteiger partial charge in [-0.15, -0.1) is 0 Å². The van der Waals surface area contributed by atoms with Gasteiger partial charge < -0.3 is 9.47 Å². The van der Waals surface area contributed by atoms with Crippen LogP contribution in [0.4, 0.5) is 0 Å². The highest BCUT2D eigenvalue weighted by atomic mass is 16.5. The summed E-state index contributed by atoms with van der Waals surface area (Å²) in [5.41, 5.74) is 0. The Morgan fingerprint density at radius 1 is 1.38 bits per heavy atom. The molecule has 0 aromatic heterocycles. The monoisotopic (exact) mass is 186 g/mol. The molecule has 0 bridgehead atoms. The quantitative estimate of drug-likeness (QED) is 0.552. The number of hydrogen-bond acceptors (Lipinski definition) is 5. The number of rotatable bonds is 1. The first-order valence-electron chi connectivity index (χ1n) is 4.65. The normalized spacial score (nSPS) is 34.2. The van der Waals surface area contributed by atoms with E-state index >= 15 is 0 Å². The summed E-state index contributed by atoms with van der Waals surface area (Å²) < 4.78 is 10.8. The van der Waals surface area contributed by atoms with Crippen molar-refractivity contribution in [1.82, 2.24) is 9.91 Å². The van der Waals surface area contributed by atoms with Gasteiger partial charge in [0, 0.05) is 19.1 Å². The number of morpholine rings is 1. The van der Waals surface area contributed by atoms with Crippen molar-refractivity contribution >= 4 is 0 Å². The number of hydrazine groups is 1. The third kappa shape index (κ3) is 1.84. The van der Waals surface area contributed by atoms with Gasteiger partial charge in [-0.3, -0.25) is 5.84 Å². The number of nitrogens with two attached hydrogens (primary N) is 1. The predicted molar refractivity (Wildman–Crippen MR) is 47.1 cm³/mol. The zero-order valence-electron chi connectivity index (χ0n) is 7.90. The lowest BCUT2D eigenvalue weighted by molar-refractivity contribution is -0.0724. The van der Waals surface area contributed by atoms with Gasteiger partial charge in [0.15, 0.2) is 0 Å². The fourth-order valence-corrected chi connectivity index (χ4v) is 1.67. The lowest BCUT2D eigenvalue weighted by atomic mass is 10.3. The van der Waals surface area contributed by atoms with Gasteiger partial charge >= 0.3 is 0 Å². The van der Waals surface area contributed by atoms with Crippen LogP contribution in [0.2, 0.25) is 0 Å². The molecule has 5 heteroatoms. The van der Waals surface area contributed by atoms with Crippen molar-refractivity contribution in [2.75, 3.05) is 32.9 Å². The molecule has 0 aliphatic carbocycles. The van der Waals surface area contributed by atoms with Crippen molar-refractivity contribution in [1.29, 1.82) is 0 Å². The highest BCUT2D eigenvalue weighted by Crippen LogP contribution is 2.22. The lowest BCUT2D eigenvalue weighted by Crippen LogP contribution is -2.51. The van der Waals surface area contributed by atoms with Crippen molar-refractivity contribution in [3.63, 3.8) is 0 Å². The Labute approximate surface area is 78.3 Å². The molecule has 13 heavy (non-hydrogen) atoms. The van der Waals surface area contributed by atoms with Crippen LogP contribution in [-0.4, -0.2) is 48.9 Å². The fourth-order valence-electron chi connectivity index (χ4n) is 1.67. The topological polar surface area (TPSA) is 51.0 Å². The van der Waals surface area contributed by atoms with Crippen molar-refractivity contribution < 1.29 is 9.47 Å². The molecule has 0 saturated carbocycles. The Bertz CT molecular complexity index is 179. The molecule has 2 heterocycles. The van der Waals surface area contributed by atoms with E-state index in [-0.39, 0.29) is 0 Å². The predicted octanol–water partition coefficient (Wildman–Crippen LogP) is -0.640. The van der Waals surface area contributed by atoms with Crippen LogP contribution in [-0.2, 0) is 9.47 Å². The zero-order chi connectivity index (χ0) is 9.26. The molecule has 0 aromatic carbocycles. The smallest absolute Gasteiger partial charge is 0.254 e. The molecule has 2 N–H and O–H groups in total. The average Bonchev–Trinajstić information content (AvgIpc) is 2.52. The molecule has 75 valence electrons. The highest BCUT2D eigenvalue weighted by Gasteiger charge is 2.35. The highest BCUT2D eigenvalue weighted by molar-refractivity contribution is 4.87. The van der Waals surface area contributed by atoms with Crippen molar-refractivity contribution in [2.24, 2.45) is 5.84 Å². The average molecular weight is 186 g/mol. The van der Waals surface area contributed by atoms with Crippen LogP contribution in [0.25, 0.3) is 0 Å². The first kappa shape index (κ1) is 9.36. The molecule has 5 nitrogen and oxygen atoms in total. The van der Waals surface area contributed by atoms with Gasteiger partial charge in [0.2, 0.25) is 0 Å². The minimum Gasteiger partial charge on any atom is -0.379 e. The summed E-state index contributed by atoms with van der Waals surface area (Å²) in [5, 5.41) is 1.67. The fraction of sp³-hybridized carbons (Fsp3) is 0.875. The molecular formula is C8H16N3O2. The van der Waals surface area contributed by atoms with Crippen LogP contribution in [0.15, 0.2) is 0 Å². The van der Waals surface area contributed by atoms with Crippen LogP contribution in [0, 0.1) is 6.35 Å². The van der Waals surface area contributed by atoms with E-state index in [4.69, 9.17) is 15.3 Å².